The van der Waals surface area contributed by atoms with E-state index in [0.29, 0.717) is 6.42 Å². The van der Waals surface area contributed by atoms with Gasteiger partial charge in [-0.25, -0.2) is 0 Å². The van der Waals surface area contributed by atoms with Crippen molar-refractivity contribution in [3.8, 4) is 23.7 Å². The first-order valence-electron chi connectivity index (χ1n) is 4.01. The summed E-state index contributed by atoms with van der Waals surface area (Å²) in [5.41, 5.74) is 0. The molecule has 0 aromatic heterocycles. The van der Waals surface area contributed by atoms with Crippen molar-refractivity contribution in [1.29, 1.82) is 0 Å². The van der Waals surface area contributed by atoms with Gasteiger partial charge < -0.3 is 0 Å². The van der Waals surface area contributed by atoms with Crippen molar-refractivity contribution in [2.45, 2.75) is 37.4 Å². The SMILES string of the molecule is CCCC#CC#CCCC(Cl)Cl. The van der Waals surface area contributed by atoms with Crippen LogP contribution in [0.4, 0.5) is 0 Å². The van der Waals surface area contributed by atoms with Gasteiger partial charge in [0.15, 0.2) is 0 Å². The summed E-state index contributed by atoms with van der Waals surface area (Å²) >= 11 is 11.0. The second-order valence-electron chi connectivity index (χ2n) is 2.28. The minimum Gasteiger partial charge on any atom is -0.105 e. The molecule has 0 aromatic carbocycles. The Morgan fingerprint density at radius 2 is 1.67 bits per heavy atom. The molecule has 2 heteroatoms. The Kier molecular flexibility index (Phi) is 8.57. The van der Waals surface area contributed by atoms with Gasteiger partial charge in [-0.05, 0) is 24.7 Å². The molecule has 0 amide bonds. The van der Waals surface area contributed by atoms with Crippen LogP contribution in [0.1, 0.15) is 32.6 Å². The first-order chi connectivity index (χ1) is 5.77. The highest BCUT2D eigenvalue weighted by Crippen LogP contribution is 2.07. The summed E-state index contributed by atoms with van der Waals surface area (Å²) < 4.78 is 0. The molecule has 66 valence electrons. The molecule has 0 aromatic rings. The molecule has 0 saturated carbocycles. The van der Waals surface area contributed by atoms with E-state index in [2.05, 4.69) is 30.6 Å². The Morgan fingerprint density at radius 3 is 2.17 bits per heavy atom. The highest BCUT2D eigenvalue weighted by atomic mass is 35.5. The Morgan fingerprint density at radius 1 is 1.08 bits per heavy atom. The zero-order valence-corrected chi connectivity index (χ0v) is 8.67. The summed E-state index contributed by atoms with van der Waals surface area (Å²) in [5.74, 6) is 11.3. The van der Waals surface area contributed by atoms with Crippen molar-refractivity contribution in [3.63, 3.8) is 0 Å². The van der Waals surface area contributed by atoms with Crippen molar-refractivity contribution >= 4 is 23.2 Å². The number of rotatable bonds is 3. The van der Waals surface area contributed by atoms with Gasteiger partial charge in [-0.1, -0.05) is 18.8 Å². The van der Waals surface area contributed by atoms with Crippen LogP contribution in [-0.4, -0.2) is 4.84 Å². The smallest absolute Gasteiger partial charge is 0.105 e. The Balaban J connectivity index is 3.42. The molecule has 0 atom stereocenters. The number of hydrogen-bond donors (Lipinski definition) is 0. The van der Waals surface area contributed by atoms with Gasteiger partial charge in [0, 0.05) is 12.8 Å². The number of halogens is 2. The van der Waals surface area contributed by atoms with E-state index in [-0.39, 0.29) is 4.84 Å². The van der Waals surface area contributed by atoms with Crippen LogP contribution in [-0.2, 0) is 0 Å². The summed E-state index contributed by atoms with van der Waals surface area (Å²) in [6.45, 7) is 2.09. The van der Waals surface area contributed by atoms with Crippen LogP contribution in [0.2, 0.25) is 0 Å². The van der Waals surface area contributed by atoms with E-state index in [1.54, 1.807) is 0 Å². The molecule has 0 spiro atoms. The van der Waals surface area contributed by atoms with E-state index < -0.39 is 0 Å². The Bertz CT molecular complexity index is 209. The molecule has 0 rings (SSSR count). The molecule has 0 radical (unpaired) electrons. The van der Waals surface area contributed by atoms with Gasteiger partial charge in [0.1, 0.15) is 4.84 Å². The summed E-state index contributed by atoms with van der Waals surface area (Å²) in [6, 6.07) is 0. The van der Waals surface area contributed by atoms with Crippen molar-refractivity contribution in [3.05, 3.63) is 0 Å². The summed E-state index contributed by atoms with van der Waals surface area (Å²) in [7, 11) is 0. The standard InChI is InChI=1S/C10H12Cl2/c1-2-3-4-5-6-7-8-9-10(11)12/h10H,2-3,8-9H2,1H3. The minimum absolute atomic E-state index is 0.303. The van der Waals surface area contributed by atoms with E-state index in [1.165, 1.54) is 0 Å². The molecule has 0 aliphatic rings. The summed E-state index contributed by atoms with van der Waals surface area (Å²) in [6.07, 6.45) is 3.44. The van der Waals surface area contributed by atoms with Crippen LogP contribution in [0.25, 0.3) is 0 Å². The highest BCUT2D eigenvalue weighted by molar-refractivity contribution is 6.44. The van der Waals surface area contributed by atoms with Crippen LogP contribution in [0.15, 0.2) is 0 Å². The largest absolute Gasteiger partial charge is 0.108 e. The summed E-state index contributed by atoms with van der Waals surface area (Å²) in [4.78, 5) is -0.303. The van der Waals surface area contributed by atoms with E-state index in [1.807, 2.05) is 0 Å². The number of alkyl halides is 2. The lowest BCUT2D eigenvalue weighted by molar-refractivity contribution is 0.946. The van der Waals surface area contributed by atoms with Crippen molar-refractivity contribution < 1.29 is 0 Å². The quantitative estimate of drug-likeness (QED) is 0.487. The van der Waals surface area contributed by atoms with Crippen LogP contribution in [0, 0.1) is 23.7 Å². The van der Waals surface area contributed by atoms with Gasteiger partial charge in [-0.15, -0.1) is 23.2 Å². The molecule has 0 bridgehead atoms. The first kappa shape index (κ1) is 11.7. The third-order valence-corrected chi connectivity index (χ3v) is 1.54. The molecule has 0 aliphatic heterocycles. The second kappa shape index (κ2) is 8.79. The second-order valence-corrected chi connectivity index (χ2v) is 3.56. The van der Waals surface area contributed by atoms with E-state index in [9.17, 15) is 0 Å². The van der Waals surface area contributed by atoms with Crippen LogP contribution in [0.5, 0.6) is 0 Å². The first-order valence-corrected chi connectivity index (χ1v) is 4.88. The third kappa shape index (κ3) is 9.70. The minimum atomic E-state index is -0.303. The lowest BCUT2D eigenvalue weighted by Crippen LogP contribution is -1.82. The van der Waals surface area contributed by atoms with Crippen LogP contribution < -0.4 is 0 Å². The van der Waals surface area contributed by atoms with Gasteiger partial charge in [0.25, 0.3) is 0 Å². The molecular weight excluding hydrogens is 191 g/mol. The van der Waals surface area contributed by atoms with Gasteiger partial charge >= 0.3 is 0 Å². The molecule has 0 unspecified atom stereocenters. The molecule has 0 fully saturated rings. The molecule has 0 saturated heterocycles. The molecule has 0 nitrogen and oxygen atoms in total. The van der Waals surface area contributed by atoms with Crippen molar-refractivity contribution in [1.82, 2.24) is 0 Å². The predicted octanol–water partition coefficient (Wildman–Crippen LogP) is 3.38. The molecule has 0 N–H and O–H groups in total. The number of hydrogen-bond acceptors (Lipinski definition) is 0. The van der Waals surface area contributed by atoms with Crippen molar-refractivity contribution in [2.24, 2.45) is 0 Å². The van der Waals surface area contributed by atoms with Crippen molar-refractivity contribution in [2.75, 3.05) is 0 Å². The normalized spacial score (nSPS) is 8.33. The van der Waals surface area contributed by atoms with Crippen LogP contribution >= 0.6 is 23.2 Å². The maximum Gasteiger partial charge on any atom is 0.108 e. The average molecular weight is 203 g/mol. The maximum atomic E-state index is 5.50. The van der Waals surface area contributed by atoms with Gasteiger partial charge in [-0.3, -0.25) is 0 Å². The average Bonchev–Trinajstić information content (AvgIpc) is 2.02. The third-order valence-electron chi connectivity index (χ3n) is 1.10. The molecule has 0 heterocycles. The number of unbranched alkanes of at least 4 members (excludes halogenated alkanes) is 1. The zero-order chi connectivity index (χ0) is 9.23. The fraction of sp³-hybridized carbons (Fsp3) is 0.600. The molecule has 12 heavy (non-hydrogen) atoms. The van der Waals surface area contributed by atoms with Gasteiger partial charge in [0.05, 0.1) is 0 Å². The highest BCUT2D eigenvalue weighted by Gasteiger charge is 1.93. The van der Waals surface area contributed by atoms with Gasteiger partial charge in [-0.2, -0.15) is 0 Å². The zero-order valence-electron chi connectivity index (χ0n) is 7.16. The predicted molar refractivity (Wildman–Crippen MR) is 55.2 cm³/mol. The fourth-order valence-electron chi connectivity index (χ4n) is 0.520. The lowest BCUT2D eigenvalue weighted by atomic mass is 10.3. The molecule has 0 aliphatic carbocycles. The maximum absolute atomic E-state index is 5.50. The fourth-order valence-corrected chi connectivity index (χ4v) is 0.738. The van der Waals surface area contributed by atoms with E-state index >= 15 is 0 Å². The monoisotopic (exact) mass is 202 g/mol. The lowest BCUT2D eigenvalue weighted by Gasteiger charge is -1.90. The van der Waals surface area contributed by atoms with Gasteiger partial charge in [0.2, 0.25) is 0 Å². The Hall–Kier alpha value is -0.300. The molecular formula is C10H12Cl2. The Labute approximate surface area is 84.6 Å². The summed E-state index contributed by atoms with van der Waals surface area (Å²) in [5, 5.41) is 0. The van der Waals surface area contributed by atoms with E-state index in [0.717, 1.165) is 19.3 Å². The van der Waals surface area contributed by atoms with E-state index in [4.69, 9.17) is 23.2 Å². The topological polar surface area (TPSA) is 0 Å². The van der Waals surface area contributed by atoms with Crippen LogP contribution in [0.3, 0.4) is 0 Å².